The van der Waals surface area contributed by atoms with Crippen LogP contribution < -0.4 is 4.18 Å². The van der Waals surface area contributed by atoms with E-state index in [-0.39, 0.29) is 16.4 Å². The van der Waals surface area contributed by atoms with Gasteiger partial charge in [-0.15, -0.1) is 0 Å². The monoisotopic (exact) mass is 440 g/mol. The summed E-state index contributed by atoms with van der Waals surface area (Å²) in [5.41, 5.74) is 2.03. The van der Waals surface area contributed by atoms with Gasteiger partial charge in [0.25, 0.3) is 0 Å². The van der Waals surface area contributed by atoms with Gasteiger partial charge >= 0.3 is 10.1 Å². The van der Waals surface area contributed by atoms with Gasteiger partial charge in [-0.25, -0.2) is 0 Å². The van der Waals surface area contributed by atoms with Gasteiger partial charge in [-0.1, -0.05) is 78.4 Å². The molecule has 158 valence electrons. The molecule has 0 saturated heterocycles. The van der Waals surface area contributed by atoms with E-state index in [1.54, 1.807) is 24.3 Å². The van der Waals surface area contributed by atoms with Crippen LogP contribution in [0.3, 0.4) is 0 Å². The summed E-state index contributed by atoms with van der Waals surface area (Å²) in [4.78, 5) is 0.0735. The lowest BCUT2D eigenvalue weighted by atomic mass is 9.92. The lowest BCUT2D eigenvalue weighted by Gasteiger charge is -2.17. The van der Waals surface area contributed by atoms with Gasteiger partial charge in [0.15, 0.2) is 5.75 Å². The number of phenolic OH excluding ortho intramolecular Hbond substituents is 1. The van der Waals surface area contributed by atoms with Crippen LogP contribution in [0.5, 0.6) is 11.5 Å². The van der Waals surface area contributed by atoms with Gasteiger partial charge in [0.2, 0.25) is 0 Å². The number of hydrogen-bond acceptors (Lipinski definition) is 4. The van der Waals surface area contributed by atoms with Gasteiger partial charge < -0.3 is 9.29 Å². The first-order valence-electron chi connectivity index (χ1n) is 10.2. The van der Waals surface area contributed by atoms with Crippen LogP contribution in [0.2, 0.25) is 0 Å². The first-order valence-corrected chi connectivity index (χ1v) is 11.6. The third kappa shape index (κ3) is 3.47. The molecule has 0 heterocycles. The summed E-state index contributed by atoms with van der Waals surface area (Å²) in [5, 5.41) is 14.3. The molecule has 0 bridgehead atoms. The third-order valence-electron chi connectivity index (χ3n) is 5.56. The average Bonchev–Trinajstić information content (AvgIpc) is 2.80. The summed E-state index contributed by atoms with van der Waals surface area (Å²) >= 11 is 0. The Labute approximate surface area is 186 Å². The second-order valence-electron chi connectivity index (χ2n) is 7.69. The van der Waals surface area contributed by atoms with Gasteiger partial charge in [0.05, 0.1) is 0 Å². The number of phenols is 1. The van der Waals surface area contributed by atoms with Crippen molar-refractivity contribution in [3.05, 3.63) is 103 Å². The summed E-state index contributed by atoms with van der Waals surface area (Å²) in [6.45, 7) is 1.89. The second kappa shape index (κ2) is 7.70. The molecule has 4 nitrogen and oxygen atoms in total. The molecule has 0 atom stereocenters. The molecule has 0 spiro atoms. The molecule has 0 aromatic heterocycles. The van der Waals surface area contributed by atoms with Crippen LogP contribution in [0.1, 0.15) is 5.56 Å². The zero-order valence-electron chi connectivity index (χ0n) is 17.3. The summed E-state index contributed by atoms with van der Waals surface area (Å²) in [6.07, 6.45) is 0. The van der Waals surface area contributed by atoms with Crippen LogP contribution in [0.25, 0.3) is 32.7 Å². The Kier molecular flexibility index (Phi) is 4.83. The van der Waals surface area contributed by atoms with Crippen LogP contribution in [0, 0.1) is 6.92 Å². The summed E-state index contributed by atoms with van der Waals surface area (Å²) in [5.74, 6) is 0.216. The van der Waals surface area contributed by atoms with E-state index in [0.29, 0.717) is 11.1 Å². The van der Waals surface area contributed by atoms with E-state index in [4.69, 9.17) is 4.18 Å². The standard InChI is InChI=1S/C27H20O4S/c1-18-10-14-21(15-11-18)32(29,30)31-25-17-13-20-7-3-5-9-23(20)27(25)26-22-8-4-2-6-19(22)12-16-24(26)28/h2-17,28H,1H3. The van der Waals surface area contributed by atoms with Crippen molar-refractivity contribution in [1.82, 2.24) is 0 Å². The maximum atomic E-state index is 13.1. The number of aryl methyl sites for hydroxylation is 1. The first kappa shape index (κ1) is 20.1. The SMILES string of the molecule is Cc1ccc(S(=O)(=O)Oc2ccc3ccccc3c2-c2c(O)ccc3ccccc23)cc1. The van der Waals surface area contributed by atoms with E-state index in [1.807, 2.05) is 67.6 Å². The smallest absolute Gasteiger partial charge is 0.339 e. The molecule has 32 heavy (non-hydrogen) atoms. The molecule has 0 fully saturated rings. The Morgan fingerprint density at radius 3 is 1.88 bits per heavy atom. The topological polar surface area (TPSA) is 63.6 Å². The third-order valence-corrected chi connectivity index (χ3v) is 6.81. The number of rotatable bonds is 4. The predicted octanol–water partition coefficient (Wildman–Crippen LogP) is 6.44. The molecule has 0 radical (unpaired) electrons. The number of hydrogen-bond donors (Lipinski definition) is 1. The maximum Gasteiger partial charge on any atom is 0.339 e. The predicted molar refractivity (Wildman–Crippen MR) is 128 cm³/mol. The van der Waals surface area contributed by atoms with Crippen molar-refractivity contribution in [2.24, 2.45) is 0 Å². The van der Waals surface area contributed by atoms with E-state index in [1.165, 1.54) is 12.1 Å². The van der Waals surface area contributed by atoms with Crippen LogP contribution in [0.15, 0.2) is 102 Å². The molecule has 1 N–H and O–H groups in total. The Morgan fingerprint density at radius 2 is 1.22 bits per heavy atom. The summed E-state index contributed by atoms with van der Waals surface area (Å²) in [7, 11) is -4.08. The number of fused-ring (bicyclic) bond motifs is 2. The Hall–Kier alpha value is -3.83. The van der Waals surface area contributed by atoms with Crippen molar-refractivity contribution in [3.63, 3.8) is 0 Å². The normalized spacial score (nSPS) is 11.7. The molecule has 0 saturated carbocycles. The van der Waals surface area contributed by atoms with Crippen LogP contribution in [0.4, 0.5) is 0 Å². The summed E-state index contributed by atoms with van der Waals surface area (Å²) < 4.78 is 31.9. The minimum atomic E-state index is -4.08. The van der Waals surface area contributed by atoms with Crippen molar-refractivity contribution in [2.45, 2.75) is 11.8 Å². The van der Waals surface area contributed by atoms with Crippen molar-refractivity contribution in [1.29, 1.82) is 0 Å². The highest BCUT2D eigenvalue weighted by Crippen LogP contribution is 2.45. The zero-order chi connectivity index (χ0) is 22.3. The second-order valence-corrected chi connectivity index (χ2v) is 9.24. The first-order chi connectivity index (χ1) is 15.4. The van der Waals surface area contributed by atoms with E-state index >= 15 is 0 Å². The number of aromatic hydroxyl groups is 1. The van der Waals surface area contributed by atoms with Crippen LogP contribution >= 0.6 is 0 Å². The maximum absolute atomic E-state index is 13.1. The molecule has 0 aliphatic carbocycles. The fraction of sp³-hybridized carbons (Fsp3) is 0.0370. The van der Waals surface area contributed by atoms with E-state index < -0.39 is 10.1 Å². The van der Waals surface area contributed by atoms with E-state index in [2.05, 4.69) is 0 Å². The van der Waals surface area contributed by atoms with E-state index in [9.17, 15) is 13.5 Å². The quantitative estimate of drug-likeness (QED) is 0.327. The zero-order valence-corrected chi connectivity index (χ0v) is 18.1. The molecule has 0 aliphatic heterocycles. The van der Waals surface area contributed by atoms with E-state index in [0.717, 1.165) is 27.1 Å². The molecular weight excluding hydrogens is 420 g/mol. The molecule has 5 rings (SSSR count). The van der Waals surface area contributed by atoms with Crippen LogP contribution in [-0.4, -0.2) is 13.5 Å². The van der Waals surface area contributed by atoms with Crippen LogP contribution in [-0.2, 0) is 10.1 Å². The number of benzene rings is 5. The molecule has 0 unspecified atom stereocenters. The lowest BCUT2D eigenvalue weighted by Crippen LogP contribution is -2.10. The van der Waals surface area contributed by atoms with Gasteiger partial charge in [-0.2, -0.15) is 8.42 Å². The molecule has 5 heteroatoms. The molecular formula is C27H20O4S. The largest absolute Gasteiger partial charge is 0.507 e. The van der Waals surface area contributed by atoms with Gasteiger partial charge in [0.1, 0.15) is 10.6 Å². The fourth-order valence-corrected chi connectivity index (χ4v) is 4.91. The Balaban J connectivity index is 1.79. The van der Waals surface area contributed by atoms with Crippen molar-refractivity contribution in [3.8, 4) is 22.6 Å². The van der Waals surface area contributed by atoms with Gasteiger partial charge in [-0.05, 0) is 52.7 Å². The Bertz CT molecular complexity index is 1570. The minimum absolute atomic E-state index is 0.0534. The molecule has 5 aromatic rings. The van der Waals surface area contributed by atoms with Crippen molar-refractivity contribution >= 4 is 31.7 Å². The van der Waals surface area contributed by atoms with Crippen molar-refractivity contribution < 1.29 is 17.7 Å². The summed E-state index contributed by atoms with van der Waals surface area (Å²) in [6, 6.07) is 28.8. The van der Waals surface area contributed by atoms with Gasteiger partial charge in [-0.3, -0.25) is 0 Å². The molecule has 0 amide bonds. The highest BCUT2D eigenvalue weighted by Gasteiger charge is 2.23. The highest BCUT2D eigenvalue weighted by molar-refractivity contribution is 7.87. The fourth-order valence-electron chi connectivity index (χ4n) is 3.97. The molecule has 5 aromatic carbocycles. The Morgan fingerprint density at radius 1 is 0.656 bits per heavy atom. The van der Waals surface area contributed by atoms with Crippen molar-refractivity contribution in [2.75, 3.05) is 0 Å². The van der Waals surface area contributed by atoms with Gasteiger partial charge in [0, 0.05) is 11.1 Å². The average molecular weight is 441 g/mol. The highest BCUT2D eigenvalue weighted by atomic mass is 32.2. The lowest BCUT2D eigenvalue weighted by molar-refractivity contribution is 0.475. The molecule has 0 aliphatic rings. The minimum Gasteiger partial charge on any atom is -0.507 e.